The summed E-state index contributed by atoms with van der Waals surface area (Å²) in [6.45, 7) is 0.251. The van der Waals surface area contributed by atoms with Crippen LogP contribution in [0.3, 0.4) is 0 Å². The number of anilines is 3. The number of nitrogens with zero attached hydrogens (tertiary/aromatic N) is 5. The van der Waals surface area contributed by atoms with E-state index in [0.29, 0.717) is 30.1 Å². The number of alkyl halides is 3. The van der Waals surface area contributed by atoms with Gasteiger partial charge in [0, 0.05) is 48.3 Å². The summed E-state index contributed by atoms with van der Waals surface area (Å²) in [4.78, 5) is 66.4. The Kier molecular flexibility index (Phi) is 12.0. The standard InChI is InChI=1S/C33H34ClF3N10O6/c1-19-38-13-15-47(19)16-14-39-26(49)27(50)40-17-24(28(51)52-2)42-25(48)20-3-9-23(10-4-20)41-29-43-30(45-31(44-29)53-18-33(35,36)37)46-32(11-12-32)21-5-7-22(34)8-6-21/h3-10,13,15,24H,11-12,14,16-18H2,1-2H3,(H,39,49)(H,40,50)(H,42,48)(H2,41,43,44,45,46)/t24-/m0/s1. The lowest BCUT2D eigenvalue weighted by Gasteiger charge is -2.19. The fourth-order valence-electron chi connectivity index (χ4n) is 4.97. The molecule has 0 spiro atoms. The van der Waals surface area contributed by atoms with Crippen LogP contribution in [0.2, 0.25) is 5.02 Å². The third-order valence-corrected chi connectivity index (χ3v) is 8.16. The Morgan fingerprint density at radius 3 is 2.26 bits per heavy atom. The van der Waals surface area contributed by atoms with Crippen LogP contribution in [0.15, 0.2) is 60.9 Å². The van der Waals surface area contributed by atoms with Crippen molar-refractivity contribution in [3.63, 3.8) is 0 Å². The van der Waals surface area contributed by atoms with Gasteiger partial charge in [-0.2, -0.15) is 28.1 Å². The predicted molar refractivity (Wildman–Crippen MR) is 183 cm³/mol. The summed E-state index contributed by atoms with van der Waals surface area (Å²) in [5.74, 6) is -2.99. The number of esters is 1. The van der Waals surface area contributed by atoms with Gasteiger partial charge < -0.3 is 40.6 Å². The van der Waals surface area contributed by atoms with Crippen LogP contribution in [0, 0.1) is 6.92 Å². The van der Waals surface area contributed by atoms with Gasteiger partial charge in [-0.25, -0.2) is 9.78 Å². The van der Waals surface area contributed by atoms with Crippen molar-refractivity contribution in [3.8, 4) is 6.01 Å². The number of methoxy groups -OCH3 is 1. The van der Waals surface area contributed by atoms with E-state index in [1.807, 2.05) is 12.1 Å². The normalized spacial score (nSPS) is 13.6. The minimum absolute atomic E-state index is 0.0360. The summed E-state index contributed by atoms with van der Waals surface area (Å²) in [6, 6.07) is 10.9. The van der Waals surface area contributed by atoms with Gasteiger partial charge in [0.25, 0.3) is 5.91 Å². The van der Waals surface area contributed by atoms with Crippen molar-refractivity contribution in [3.05, 3.63) is 82.9 Å². The maximum Gasteiger partial charge on any atom is 0.422 e. The number of aromatic nitrogens is 5. The van der Waals surface area contributed by atoms with Gasteiger partial charge in [-0.15, -0.1) is 0 Å². The maximum atomic E-state index is 13.0. The van der Waals surface area contributed by atoms with E-state index in [-0.39, 0.29) is 24.0 Å². The van der Waals surface area contributed by atoms with Gasteiger partial charge in [0.15, 0.2) is 6.61 Å². The monoisotopic (exact) mass is 758 g/mol. The fraction of sp³-hybridized carbons (Fsp3) is 0.333. The molecular weight excluding hydrogens is 725 g/mol. The summed E-state index contributed by atoms with van der Waals surface area (Å²) >= 11 is 6.02. The van der Waals surface area contributed by atoms with Crippen molar-refractivity contribution < 1.29 is 41.8 Å². The minimum Gasteiger partial charge on any atom is -0.467 e. The molecule has 2 aromatic carbocycles. The fourth-order valence-corrected chi connectivity index (χ4v) is 5.10. The van der Waals surface area contributed by atoms with Crippen LogP contribution < -0.4 is 31.3 Å². The first-order chi connectivity index (χ1) is 25.2. The first-order valence-corrected chi connectivity index (χ1v) is 16.4. The summed E-state index contributed by atoms with van der Waals surface area (Å²) in [7, 11) is 1.10. The number of imidazole rings is 1. The zero-order chi connectivity index (χ0) is 38.2. The summed E-state index contributed by atoms with van der Waals surface area (Å²) in [5, 5.41) is 13.8. The molecule has 5 N–H and O–H groups in total. The molecule has 0 saturated heterocycles. The molecular formula is C33H34ClF3N10O6. The van der Waals surface area contributed by atoms with Crippen molar-refractivity contribution in [2.75, 3.05) is 37.4 Å². The third-order valence-electron chi connectivity index (χ3n) is 7.91. The highest BCUT2D eigenvalue weighted by Crippen LogP contribution is 2.48. The Balaban J connectivity index is 1.20. The van der Waals surface area contributed by atoms with Crippen LogP contribution in [0.25, 0.3) is 0 Å². The number of ether oxygens (including phenoxy) is 2. The zero-order valence-corrected chi connectivity index (χ0v) is 29.0. The number of halogens is 4. The zero-order valence-electron chi connectivity index (χ0n) is 28.3. The quantitative estimate of drug-likeness (QED) is 0.0878. The molecule has 16 nitrogen and oxygen atoms in total. The average Bonchev–Trinajstić information content (AvgIpc) is 3.79. The van der Waals surface area contributed by atoms with E-state index in [0.717, 1.165) is 18.5 Å². The summed E-state index contributed by atoms with van der Waals surface area (Å²) < 4.78 is 50.2. The smallest absolute Gasteiger partial charge is 0.422 e. The van der Waals surface area contributed by atoms with Gasteiger partial charge in [-0.1, -0.05) is 23.7 Å². The number of amides is 3. The second kappa shape index (κ2) is 16.6. The first kappa shape index (κ1) is 38.3. The Morgan fingerprint density at radius 2 is 1.64 bits per heavy atom. The average molecular weight is 759 g/mol. The Labute approximate surface area is 305 Å². The van der Waals surface area contributed by atoms with Crippen LogP contribution in [0.4, 0.5) is 30.8 Å². The van der Waals surface area contributed by atoms with Crippen LogP contribution >= 0.6 is 11.6 Å². The van der Waals surface area contributed by atoms with Crippen molar-refractivity contribution in [2.45, 2.75) is 44.1 Å². The van der Waals surface area contributed by atoms with Crippen molar-refractivity contribution in [2.24, 2.45) is 0 Å². The summed E-state index contributed by atoms with van der Waals surface area (Å²) in [5.41, 5.74) is 0.759. The minimum atomic E-state index is -4.64. The van der Waals surface area contributed by atoms with Crippen molar-refractivity contribution >= 4 is 52.9 Å². The van der Waals surface area contributed by atoms with Crippen molar-refractivity contribution in [1.29, 1.82) is 0 Å². The van der Waals surface area contributed by atoms with E-state index < -0.39 is 60.6 Å². The molecule has 1 saturated carbocycles. The number of hydrogen-bond donors (Lipinski definition) is 5. The molecule has 0 bridgehead atoms. The molecule has 280 valence electrons. The van der Waals surface area contributed by atoms with E-state index >= 15 is 0 Å². The Morgan fingerprint density at radius 1 is 0.962 bits per heavy atom. The molecule has 1 atom stereocenters. The molecule has 0 radical (unpaired) electrons. The SMILES string of the molecule is COC(=O)[C@H](CNC(=O)C(=O)NCCn1ccnc1C)NC(=O)c1ccc(Nc2nc(NC3(c4ccc(Cl)cc4)CC3)nc(OCC(F)(F)F)n2)cc1. The molecule has 0 aliphatic heterocycles. The van der Waals surface area contributed by atoms with Gasteiger partial charge in [0.1, 0.15) is 11.9 Å². The molecule has 2 heterocycles. The predicted octanol–water partition coefficient (Wildman–Crippen LogP) is 3.02. The number of nitrogens with one attached hydrogen (secondary N) is 5. The number of hydrogen-bond acceptors (Lipinski definition) is 12. The van der Waals surface area contributed by atoms with Gasteiger partial charge >= 0.3 is 30.0 Å². The molecule has 1 fully saturated rings. The number of benzene rings is 2. The maximum absolute atomic E-state index is 13.0. The molecule has 3 amide bonds. The lowest BCUT2D eigenvalue weighted by atomic mass is 10.1. The van der Waals surface area contributed by atoms with Gasteiger partial charge in [0.05, 0.1) is 12.6 Å². The third kappa shape index (κ3) is 10.8. The Bertz CT molecular complexity index is 1940. The lowest BCUT2D eigenvalue weighted by Crippen LogP contribution is -2.51. The van der Waals surface area contributed by atoms with Gasteiger partial charge in [0.2, 0.25) is 11.9 Å². The molecule has 5 rings (SSSR count). The van der Waals surface area contributed by atoms with E-state index in [9.17, 15) is 32.3 Å². The number of rotatable bonds is 15. The molecule has 1 aliphatic rings. The van der Waals surface area contributed by atoms with Crippen molar-refractivity contribution in [1.82, 2.24) is 40.5 Å². The van der Waals surface area contributed by atoms with E-state index in [1.165, 1.54) is 24.3 Å². The molecule has 53 heavy (non-hydrogen) atoms. The summed E-state index contributed by atoms with van der Waals surface area (Å²) in [6.07, 6.45) is 0.101. The van der Waals surface area contributed by atoms with Crippen LogP contribution in [-0.2, 0) is 31.2 Å². The highest BCUT2D eigenvalue weighted by molar-refractivity contribution is 6.35. The Hall–Kier alpha value is -5.98. The van der Waals surface area contributed by atoms with Gasteiger partial charge in [-0.05, 0) is 61.7 Å². The molecule has 0 unspecified atom stereocenters. The molecule has 4 aromatic rings. The lowest BCUT2D eigenvalue weighted by molar-refractivity contribution is -0.154. The highest BCUT2D eigenvalue weighted by atomic mass is 35.5. The van der Waals surface area contributed by atoms with E-state index in [4.69, 9.17) is 21.1 Å². The second-order valence-corrected chi connectivity index (χ2v) is 12.2. The van der Waals surface area contributed by atoms with E-state index in [1.54, 1.807) is 36.0 Å². The molecule has 20 heteroatoms. The van der Waals surface area contributed by atoms with Crippen LogP contribution in [0.1, 0.15) is 34.6 Å². The first-order valence-electron chi connectivity index (χ1n) is 16.0. The number of carbonyl (C=O) groups is 4. The molecule has 2 aromatic heterocycles. The van der Waals surface area contributed by atoms with Crippen LogP contribution in [-0.4, -0.2) is 87.2 Å². The topological polar surface area (TPSA) is 203 Å². The van der Waals surface area contributed by atoms with E-state index in [2.05, 4.69) is 46.5 Å². The second-order valence-electron chi connectivity index (χ2n) is 11.8. The molecule has 1 aliphatic carbocycles. The highest BCUT2D eigenvalue weighted by Gasteiger charge is 2.45. The largest absolute Gasteiger partial charge is 0.467 e. The number of aryl methyl sites for hydroxylation is 1. The number of carbonyl (C=O) groups excluding carboxylic acids is 4. The van der Waals surface area contributed by atoms with Gasteiger partial charge in [-0.3, -0.25) is 14.4 Å². The van der Waals surface area contributed by atoms with Crippen LogP contribution in [0.5, 0.6) is 6.01 Å².